The van der Waals surface area contributed by atoms with E-state index in [0.29, 0.717) is 35.8 Å². The number of methoxy groups -OCH3 is 2. The lowest BCUT2D eigenvalue weighted by atomic mass is 9.89. The van der Waals surface area contributed by atoms with Crippen molar-refractivity contribution in [3.8, 4) is 11.5 Å². The first-order valence-electron chi connectivity index (χ1n) is 8.58. The summed E-state index contributed by atoms with van der Waals surface area (Å²) in [5, 5.41) is 4.05. The van der Waals surface area contributed by atoms with Crippen LogP contribution < -0.4 is 9.47 Å². The zero-order valence-electron chi connectivity index (χ0n) is 15.3. The summed E-state index contributed by atoms with van der Waals surface area (Å²) in [6.45, 7) is 1.07. The number of piperidine rings is 1. The molecule has 26 heavy (non-hydrogen) atoms. The molecule has 1 aromatic carbocycles. The normalized spacial score (nSPS) is 17.0. The van der Waals surface area contributed by atoms with Crippen LogP contribution in [0.5, 0.6) is 11.5 Å². The molecule has 3 rings (SSSR count). The lowest BCUT2D eigenvalue weighted by molar-refractivity contribution is 0.0628. The molecule has 138 valence electrons. The van der Waals surface area contributed by atoms with E-state index in [1.54, 1.807) is 61.3 Å². The number of hydrogen-bond acceptors (Lipinski definition) is 5. The molecule has 0 N–H and O–H groups in total. The van der Waals surface area contributed by atoms with Gasteiger partial charge in [0.05, 0.1) is 14.2 Å². The van der Waals surface area contributed by atoms with Gasteiger partial charge in [0.15, 0.2) is 17.3 Å². The van der Waals surface area contributed by atoms with Crippen molar-refractivity contribution >= 4 is 11.7 Å². The van der Waals surface area contributed by atoms with E-state index in [9.17, 15) is 9.59 Å². The first kappa shape index (κ1) is 18.0. The number of likely N-dealkylation sites (tertiary alicyclic amines) is 1. The number of benzene rings is 1. The summed E-state index contributed by atoms with van der Waals surface area (Å²) >= 11 is 0. The van der Waals surface area contributed by atoms with Gasteiger partial charge < -0.3 is 14.4 Å². The largest absolute Gasteiger partial charge is 0.493 e. The first-order valence-corrected chi connectivity index (χ1v) is 8.58. The highest BCUT2D eigenvalue weighted by Gasteiger charge is 2.30. The Bertz CT molecular complexity index is 815. The van der Waals surface area contributed by atoms with E-state index in [2.05, 4.69) is 5.10 Å². The van der Waals surface area contributed by atoms with Gasteiger partial charge in [-0.1, -0.05) is 0 Å². The number of hydrogen-bond donors (Lipinski definition) is 0. The van der Waals surface area contributed by atoms with Crippen molar-refractivity contribution in [2.24, 2.45) is 13.0 Å². The predicted octanol–water partition coefficient (Wildman–Crippen LogP) is 2.17. The Morgan fingerprint density at radius 1 is 1.15 bits per heavy atom. The van der Waals surface area contributed by atoms with Gasteiger partial charge in [0.1, 0.15) is 5.69 Å². The third-order valence-corrected chi connectivity index (χ3v) is 4.79. The lowest BCUT2D eigenvalue weighted by Crippen LogP contribution is -2.43. The Morgan fingerprint density at radius 2 is 1.92 bits per heavy atom. The van der Waals surface area contributed by atoms with Crippen molar-refractivity contribution < 1.29 is 19.1 Å². The van der Waals surface area contributed by atoms with Crippen LogP contribution in [0.3, 0.4) is 0 Å². The average Bonchev–Trinajstić information content (AvgIpc) is 3.12. The van der Waals surface area contributed by atoms with Gasteiger partial charge in [0.25, 0.3) is 5.91 Å². The van der Waals surface area contributed by atoms with Crippen LogP contribution in [0.1, 0.15) is 33.7 Å². The summed E-state index contributed by atoms with van der Waals surface area (Å²) < 4.78 is 12.1. The van der Waals surface area contributed by atoms with Crippen LogP contribution in [0.4, 0.5) is 0 Å². The van der Waals surface area contributed by atoms with Gasteiger partial charge in [-0.25, -0.2) is 0 Å². The molecular weight excluding hydrogens is 334 g/mol. The van der Waals surface area contributed by atoms with Gasteiger partial charge in [-0.2, -0.15) is 5.10 Å². The number of ether oxygens (including phenoxy) is 2. The summed E-state index contributed by atoms with van der Waals surface area (Å²) in [4.78, 5) is 27.4. The second-order valence-corrected chi connectivity index (χ2v) is 6.36. The van der Waals surface area contributed by atoms with Crippen LogP contribution in [0.25, 0.3) is 0 Å². The Hall–Kier alpha value is -2.83. The highest BCUT2D eigenvalue weighted by molar-refractivity contribution is 5.99. The second kappa shape index (κ2) is 7.59. The van der Waals surface area contributed by atoms with Gasteiger partial charge in [-0.05, 0) is 37.1 Å². The Morgan fingerprint density at radius 3 is 2.58 bits per heavy atom. The number of rotatable bonds is 5. The minimum Gasteiger partial charge on any atom is -0.493 e. The number of aromatic nitrogens is 2. The number of Topliss-reactive ketones (excluding diaryl/α,β-unsaturated/α-hetero) is 1. The lowest BCUT2D eigenvalue weighted by Gasteiger charge is -2.32. The van der Waals surface area contributed by atoms with E-state index in [1.807, 2.05) is 0 Å². The Kier molecular flexibility index (Phi) is 5.25. The summed E-state index contributed by atoms with van der Waals surface area (Å²) in [5.74, 6) is 0.819. The molecule has 1 fully saturated rings. The standard InChI is InChI=1S/C19H23N3O4/c1-21-15(8-9-20-21)19(24)22-10-4-5-14(12-22)18(23)13-6-7-16(25-2)17(11-13)26-3/h6-9,11,14H,4-5,10,12H2,1-3H3/t14-/m0/s1. The fraction of sp³-hybridized carbons (Fsp3) is 0.421. The zero-order chi connectivity index (χ0) is 18.7. The van der Waals surface area contributed by atoms with E-state index >= 15 is 0 Å². The van der Waals surface area contributed by atoms with Crippen LogP contribution in [0, 0.1) is 5.92 Å². The average molecular weight is 357 g/mol. The zero-order valence-corrected chi connectivity index (χ0v) is 15.3. The number of nitrogens with zero attached hydrogens (tertiary/aromatic N) is 3. The maximum atomic E-state index is 12.9. The molecule has 2 heterocycles. The summed E-state index contributed by atoms with van der Waals surface area (Å²) in [6, 6.07) is 6.87. The number of carbonyl (C=O) groups is 2. The van der Waals surface area contributed by atoms with Crippen LogP contribution in [-0.2, 0) is 7.05 Å². The Labute approximate surface area is 152 Å². The van der Waals surface area contributed by atoms with Crippen LogP contribution >= 0.6 is 0 Å². The van der Waals surface area contributed by atoms with Gasteiger partial charge in [-0.15, -0.1) is 0 Å². The van der Waals surface area contributed by atoms with Gasteiger partial charge in [0.2, 0.25) is 0 Å². The third kappa shape index (κ3) is 3.42. The molecule has 0 bridgehead atoms. The highest BCUT2D eigenvalue weighted by Crippen LogP contribution is 2.30. The summed E-state index contributed by atoms with van der Waals surface area (Å²) in [7, 11) is 4.84. The minimum absolute atomic E-state index is 0.0217. The van der Waals surface area contributed by atoms with E-state index in [1.165, 1.54) is 0 Å². The van der Waals surface area contributed by atoms with Crippen LogP contribution in [0.15, 0.2) is 30.5 Å². The molecule has 1 atom stereocenters. The SMILES string of the molecule is COc1ccc(C(=O)[C@H]2CCCN(C(=O)c3ccnn3C)C2)cc1OC. The smallest absolute Gasteiger partial charge is 0.272 e. The fourth-order valence-corrected chi connectivity index (χ4v) is 3.35. The summed E-state index contributed by atoms with van der Waals surface area (Å²) in [6.07, 6.45) is 3.17. The van der Waals surface area contributed by atoms with E-state index in [0.717, 1.165) is 12.8 Å². The fourth-order valence-electron chi connectivity index (χ4n) is 3.35. The molecule has 7 nitrogen and oxygen atoms in total. The molecule has 1 amide bonds. The number of amides is 1. The van der Waals surface area contributed by atoms with E-state index in [-0.39, 0.29) is 17.6 Å². The summed E-state index contributed by atoms with van der Waals surface area (Å²) in [5.41, 5.74) is 1.10. The molecule has 0 saturated carbocycles. The Balaban J connectivity index is 1.76. The highest BCUT2D eigenvalue weighted by atomic mass is 16.5. The monoisotopic (exact) mass is 357 g/mol. The quantitative estimate of drug-likeness (QED) is 0.767. The second-order valence-electron chi connectivity index (χ2n) is 6.36. The van der Waals surface area contributed by atoms with Crippen molar-refractivity contribution in [2.75, 3.05) is 27.3 Å². The van der Waals surface area contributed by atoms with Crippen LogP contribution in [-0.4, -0.2) is 53.7 Å². The van der Waals surface area contributed by atoms with Gasteiger partial charge in [0, 0.05) is 37.8 Å². The first-order chi connectivity index (χ1) is 12.5. The molecule has 1 saturated heterocycles. The van der Waals surface area contributed by atoms with E-state index < -0.39 is 0 Å². The van der Waals surface area contributed by atoms with Crippen molar-refractivity contribution in [2.45, 2.75) is 12.8 Å². The molecule has 0 aliphatic carbocycles. The van der Waals surface area contributed by atoms with Crippen LogP contribution in [0.2, 0.25) is 0 Å². The molecule has 7 heteroatoms. The molecule has 1 aliphatic rings. The predicted molar refractivity (Wildman–Crippen MR) is 95.7 cm³/mol. The van der Waals surface area contributed by atoms with Crippen molar-refractivity contribution in [3.05, 3.63) is 41.7 Å². The number of aryl methyl sites for hydroxylation is 1. The topological polar surface area (TPSA) is 73.7 Å². The van der Waals surface area contributed by atoms with Gasteiger partial charge >= 0.3 is 0 Å². The molecular formula is C19H23N3O4. The maximum absolute atomic E-state index is 12.9. The molecule has 0 spiro atoms. The molecule has 0 unspecified atom stereocenters. The maximum Gasteiger partial charge on any atom is 0.272 e. The van der Waals surface area contributed by atoms with Crippen molar-refractivity contribution in [1.82, 2.24) is 14.7 Å². The number of ketones is 1. The molecule has 0 radical (unpaired) electrons. The molecule has 2 aromatic rings. The third-order valence-electron chi connectivity index (χ3n) is 4.79. The molecule has 1 aliphatic heterocycles. The van der Waals surface area contributed by atoms with E-state index in [4.69, 9.17) is 9.47 Å². The minimum atomic E-state index is -0.223. The number of carbonyl (C=O) groups excluding carboxylic acids is 2. The van der Waals surface area contributed by atoms with Crippen molar-refractivity contribution in [1.29, 1.82) is 0 Å². The van der Waals surface area contributed by atoms with Crippen molar-refractivity contribution in [3.63, 3.8) is 0 Å². The molecule has 1 aromatic heterocycles. The van der Waals surface area contributed by atoms with Gasteiger partial charge in [-0.3, -0.25) is 14.3 Å².